The zero-order chi connectivity index (χ0) is 14.6. The smallest absolute Gasteiger partial charge is 0.412 e. The molecule has 0 aliphatic heterocycles. The van der Waals surface area contributed by atoms with Gasteiger partial charge in [0.25, 0.3) is 0 Å². The fourth-order valence-electron chi connectivity index (χ4n) is 1.13. The average Bonchev–Trinajstić information content (AvgIpc) is 2.25. The van der Waals surface area contributed by atoms with E-state index in [-0.39, 0.29) is 24.1 Å². The maximum atomic E-state index is 11.1. The van der Waals surface area contributed by atoms with E-state index in [2.05, 4.69) is 15.3 Å². The summed E-state index contributed by atoms with van der Waals surface area (Å²) in [5.41, 5.74) is 0.118. The molecule has 2 N–H and O–H groups in total. The van der Waals surface area contributed by atoms with Crippen molar-refractivity contribution in [3.63, 3.8) is 0 Å². The van der Waals surface area contributed by atoms with Crippen LogP contribution in [0.25, 0.3) is 0 Å². The van der Waals surface area contributed by atoms with Crippen LogP contribution in [0.4, 0.5) is 16.4 Å². The molecule has 0 spiro atoms. The predicted molar refractivity (Wildman–Crippen MR) is 72.0 cm³/mol. The van der Waals surface area contributed by atoms with Gasteiger partial charge in [0.05, 0.1) is 24.6 Å². The number of rotatable bonds is 3. The molecule has 0 unspecified atom stereocenters. The molecule has 0 aliphatic carbocycles. The Morgan fingerprint density at radius 2 is 1.89 bits per heavy atom. The van der Waals surface area contributed by atoms with Crippen molar-refractivity contribution in [3.05, 3.63) is 12.4 Å². The van der Waals surface area contributed by atoms with Gasteiger partial charge in [0.2, 0.25) is 15.6 Å². The summed E-state index contributed by atoms with van der Waals surface area (Å²) in [6, 6.07) is 0. The number of anilines is 2. The topological polar surface area (TPSA) is 95.4 Å². The lowest BCUT2D eigenvalue weighted by molar-refractivity contribution is -0.114. The Morgan fingerprint density at radius 1 is 1.37 bits per heavy atom. The Labute approximate surface area is 123 Å². The van der Waals surface area contributed by atoms with Crippen LogP contribution >= 0.6 is 34.8 Å². The first kappa shape index (κ1) is 15.7. The highest BCUT2D eigenvalue weighted by Crippen LogP contribution is 2.29. The van der Waals surface area contributed by atoms with Crippen LogP contribution in [-0.4, -0.2) is 37.4 Å². The first-order chi connectivity index (χ1) is 8.69. The number of amides is 2. The Hall–Kier alpha value is -1.31. The lowest BCUT2D eigenvalue weighted by atomic mass is 10.4. The molecule has 10 heteroatoms. The van der Waals surface area contributed by atoms with E-state index in [4.69, 9.17) is 39.9 Å². The summed E-state index contributed by atoms with van der Waals surface area (Å²) in [5.74, 6) is -0.292. The second-order valence-corrected chi connectivity index (χ2v) is 5.95. The number of hydrogen-bond acceptors (Lipinski definition) is 4. The van der Waals surface area contributed by atoms with E-state index in [1.807, 2.05) is 0 Å². The summed E-state index contributed by atoms with van der Waals surface area (Å²) in [6.45, 7) is 0.916. The summed E-state index contributed by atoms with van der Waals surface area (Å²) in [5, 5.41) is 11.4. The van der Waals surface area contributed by atoms with Crippen LogP contribution in [0.2, 0.25) is 0 Å². The molecule has 1 aromatic rings. The van der Waals surface area contributed by atoms with Crippen molar-refractivity contribution in [3.8, 4) is 0 Å². The molecule has 2 amide bonds. The van der Waals surface area contributed by atoms with E-state index in [0.717, 1.165) is 4.90 Å². The SMILES string of the molecule is CC(=O)Nc1ncc(N(CC(Cl)(Cl)Cl)C(=O)O)cn1. The molecule has 0 saturated carbocycles. The molecular formula is C9H9Cl3N4O3. The van der Waals surface area contributed by atoms with Crippen LogP contribution in [0.15, 0.2) is 12.4 Å². The minimum Gasteiger partial charge on any atom is -0.465 e. The number of aromatic nitrogens is 2. The number of carboxylic acid groups (broad SMARTS) is 1. The third-order valence-electron chi connectivity index (χ3n) is 1.81. The van der Waals surface area contributed by atoms with Crippen molar-refractivity contribution in [2.75, 3.05) is 16.8 Å². The first-order valence-electron chi connectivity index (χ1n) is 4.86. The van der Waals surface area contributed by atoms with E-state index < -0.39 is 9.89 Å². The third kappa shape index (κ3) is 5.46. The number of carbonyl (C=O) groups is 2. The molecule has 0 atom stereocenters. The molecule has 19 heavy (non-hydrogen) atoms. The fourth-order valence-corrected chi connectivity index (χ4v) is 1.49. The Balaban J connectivity index is 2.92. The van der Waals surface area contributed by atoms with Gasteiger partial charge in [0.1, 0.15) is 0 Å². The molecule has 1 aromatic heterocycles. The summed E-state index contributed by atoms with van der Waals surface area (Å²) in [7, 11) is 0. The zero-order valence-corrected chi connectivity index (χ0v) is 11.9. The van der Waals surface area contributed by atoms with Gasteiger partial charge in [-0.25, -0.2) is 14.8 Å². The van der Waals surface area contributed by atoms with E-state index >= 15 is 0 Å². The van der Waals surface area contributed by atoms with Crippen LogP contribution in [0.3, 0.4) is 0 Å². The van der Waals surface area contributed by atoms with Crippen molar-refractivity contribution in [1.82, 2.24) is 9.97 Å². The molecular weight excluding hydrogens is 318 g/mol. The van der Waals surface area contributed by atoms with Crippen LogP contribution in [0.5, 0.6) is 0 Å². The molecule has 7 nitrogen and oxygen atoms in total. The van der Waals surface area contributed by atoms with Crippen molar-refractivity contribution >= 4 is 58.4 Å². The highest BCUT2D eigenvalue weighted by atomic mass is 35.6. The summed E-state index contributed by atoms with van der Waals surface area (Å²) < 4.78 is -1.77. The van der Waals surface area contributed by atoms with Crippen molar-refractivity contribution in [1.29, 1.82) is 0 Å². The predicted octanol–water partition coefficient (Wildman–Crippen LogP) is 2.29. The van der Waals surface area contributed by atoms with Gasteiger partial charge in [0.15, 0.2) is 0 Å². The first-order valence-corrected chi connectivity index (χ1v) is 5.99. The molecule has 1 rings (SSSR count). The third-order valence-corrected chi connectivity index (χ3v) is 2.16. The standard InChI is InChI=1S/C9H9Cl3N4O3/c1-5(17)15-7-13-2-6(3-14-7)16(8(18)19)4-9(10,11)12/h2-3H,4H2,1H3,(H,18,19)(H,13,14,15,17). The Morgan fingerprint density at radius 3 is 2.26 bits per heavy atom. The van der Waals surface area contributed by atoms with Crippen molar-refractivity contribution < 1.29 is 14.7 Å². The molecule has 0 saturated heterocycles. The van der Waals surface area contributed by atoms with Gasteiger partial charge in [-0.2, -0.15) is 0 Å². The van der Waals surface area contributed by atoms with E-state index in [1.165, 1.54) is 19.3 Å². The minimum absolute atomic E-state index is 0.0514. The summed E-state index contributed by atoms with van der Waals surface area (Å²) in [6.07, 6.45) is 1.08. The number of hydrogen-bond donors (Lipinski definition) is 2. The molecule has 0 bridgehead atoms. The maximum absolute atomic E-state index is 11.1. The summed E-state index contributed by atoms with van der Waals surface area (Å²) in [4.78, 5) is 30.2. The van der Waals surface area contributed by atoms with Gasteiger partial charge >= 0.3 is 6.09 Å². The molecule has 0 aromatic carbocycles. The van der Waals surface area contributed by atoms with E-state index in [0.29, 0.717) is 0 Å². The van der Waals surface area contributed by atoms with Crippen LogP contribution in [0.1, 0.15) is 6.92 Å². The van der Waals surface area contributed by atoms with Gasteiger partial charge in [-0.05, 0) is 0 Å². The number of alkyl halides is 3. The molecule has 0 aliphatic rings. The lowest BCUT2D eigenvalue weighted by Gasteiger charge is -2.22. The number of nitrogens with one attached hydrogen (secondary N) is 1. The highest BCUT2D eigenvalue weighted by Gasteiger charge is 2.28. The average molecular weight is 328 g/mol. The minimum atomic E-state index is -1.77. The van der Waals surface area contributed by atoms with Gasteiger partial charge in [0, 0.05) is 6.92 Å². The highest BCUT2D eigenvalue weighted by molar-refractivity contribution is 6.68. The van der Waals surface area contributed by atoms with E-state index in [1.54, 1.807) is 0 Å². The van der Waals surface area contributed by atoms with Gasteiger partial charge in [-0.1, -0.05) is 34.8 Å². The fraction of sp³-hybridized carbons (Fsp3) is 0.333. The molecule has 0 fully saturated rings. The van der Waals surface area contributed by atoms with Crippen LogP contribution in [0, 0.1) is 0 Å². The number of halogens is 3. The monoisotopic (exact) mass is 326 g/mol. The van der Waals surface area contributed by atoms with Crippen LogP contribution in [-0.2, 0) is 4.79 Å². The van der Waals surface area contributed by atoms with E-state index in [9.17, 15) is 9.59 Å². The van der Waals surface area contributed by atoms with Gasteiger partial charge in [-0.3, -0.25) is 15.0 Å². The number of nitrogens with zero attached hydrogens (tertiary/aromatic N) is 3. The maximum Gasteiger partial charge on any atom is 0.412 e. The second-order valence-electron chi connectivity index (χ2n) is 3.43. The Bertz CT molecular complexity index is 475. The summed E-state index contributed by atoms with van der Waals surface area (Å²) >= 11 is 16.7. The normalized spacial score (nSPS) is 10.9. The lowest BCUT2D eigenvalue weighted by Crippen LogP contribution is -2.36. The van der Waals surface area contributed by atoms with Crippen molar-refractivity contribution in [2.45, 2.75) is 10.7 Å². The molecule has 1 heterocycles. The Kier molecular flexibility index (Phi) is 5.16. The van der Waals surface area contributed by atoms with Crippen molar-refractivity contribution in [2.24, 2.45) is 0 Å². The quantitative estimate of drug-likeness (QED) is 0.830. The largest absolute Gasteiger partial charge is 0.465 e. The van der Waals surface area contributed by atoms with Gasteiger partial charge < -0.3 is 5.11 Å². The molecule has 104 valence electrons. The molecule has 0 radical (unpaired) electrons. The number of carbonyl (C=O) groups excluding carboxylic acids is 1. The van der Waals surface area contributed by atoms with Crippen LogP contribution < -0.4 is 10.2 Å². The second kappa shape index (κ2) is 6.23. The van der Waals surface area contributed by atoms with Gasteiger partial charge in [-0.15, -0.1) is 0 Å². The zero-order valence-electron chi connectivity index (χ0n) is 9.60.